The van der Waals surface area contributed by atoms with Crippen LogP contribution in [-0.4, -0.2) is 9.55 Å². The number of nitrogens with zero attached hydrogens (tertiary/aromatic N) is 2. The summed E-state index contributed by atoms with van der Waals surface area (Å²) in [6, 6.07) is 0. The molecule has 1 aliphatic carbocycles. The van der Waals surface area contributed by atoms with E-state index in [0.717, 1.165) is 4.60 Å². The third kappa shape index (κ3) is 1.30. The Labute approximate surface area is 81.1 Å². The molecule has 0 bridgehead atoms. The molecule has 0 spiro atoms. The van der Waals surface area contributed by atoms with E-state index in [9.17, 15) is 0 Å². The molecule has 0 saturated heterocycles. The van der Waals surface area contributed by atoms with Crippen molar-refractivity contribution in [3.05, 3.63) is 16.6 Å². The number of rotatable bonds is 1. The summed E-state index contributed by atoms with van der Waals surface area (Å²) in [5, 5.41) is 0. The smallest absolute Gasteiger partial charge is 0.112 e. The first kappa shape index (κ1) is 8.30. The number of halogens is 1. The van der Waals surface area contributed by atoms with E-state index in [1.54, 1.807) is 0 Å². The minimum absolute atomic E-state index is 0.710. The third-order valence-corrected chi connectivity index (χ3v) is 3.42. The lowest BCUT2D eigenvalue weighted by atomic mass is 10.1. The molecule has 2 nitrogen and oxygen atoms in total. The van der Waals surface area contributed by atoms with Crippen LogP contribution in [0.2, 0.25) is 0 Å². The first-order valence-electron chi connectivity index (χ1n) is 4.46. The Morgan fingerprint density at radius 2 is 2.17 bits per heavy atom. The van der Waals surface area contributed by atoms with E-state index in [0.29, 0.717) is 5.92 Å². The van der Waals surface area contributed by atoms with E-state index >= 15 is 0 Å². The fourth-order valence-corrected chi connectivity index (χ4v) is 2.25. The van der Waals surface area contributed by atoms with E-state index in [4.69, 9.17) is 0 Å². The number of aromatic nitrogens is 2. The maximum absolute atomic E-state index is 4.41. The summed E-state index contributed by atoms with van der Waals surface area (Å²) in [4.78, 5) is 4.41. The molecule has 0 unspecified atom stereocenters. The van der Waals surface area contributed by atoms with Crippen LogP contribution in [-0.2, 0) is 7.05 Å². The zero-order valence-electron chi connectivity index (χ0n) is 7.26. The molecule has 12 heavy (non-hydrogen) atoms. The van der Waals surface area contributed by atoms with E-state index in [1.165, 1.54) is 31.5 Å². The number of hydrogen-bond acceptors (Lipinski definition) is 1. The van der Waals surface area contributed by atoms with Gasteiger partial charge in [-0.25, -0.2) is 4.98 Å². The Bertz CT molecular complexity index is 274. The average Bonchev–Trinajstić information content (AvgIpc) is 2.64. The van der Waals surface area contributed by atoms with Crippen LogP contribution < -0.4 is 0 Å². The van der Waals surface area contributed by atoms with Gasteiger partial charge in [-0.05, 0) is 28.8 Å². The zero-order chi connectivity index (χ0) is 8.55. The lowest BCUT2D eigenvalue weighted by molar-refractivity contribution is 0.629. The second kappa shape index (κ2) is 3.21. The second-order valence-corrected chi connectivity index (χ2v) is 4.29. The van der Waals surface area contributed by atoms with Gasteiger partial charge < -0.3 is 4.57 Å². The predicted molar refractivity (Wildman–Crippen MR) is 52.1 cm³/mol. The van der Waals surface area contributed by atoms with Crippen molar-refractivity contribution in [1.29, 1.82) is 0 Å². The van der Waals surface area contributed by atoms with Crippen LogP contribution in [0.5, 0.6) is 0 Å². The van der Waals surface area contributed by atoms with Crippen LogP contribution >= 0.6 is 15.9 Å². The van der Waals surface area contributed by atoms with Crippen LogP contribution in [0.15, 0.2) is 10.8 Å². The van der Waals surface area contributed by atoms with Crippen molar-refractivity contribution in [3.8, 4) is 0 Å². The molecule has 1 aromatic heterocycles. The Hall–Kier alpha value is -0.310. The normalized spacial score (nSPS) is 18.8. The molecular formula is C9H13BrN2. The summed E-state index contributed by atoms with van der Waals surface area (Å²) in [7, 11) is 2.07. The topological polar surface area (TPSA) is 17.8 Å². The van der Waals surface area contributed by atoms with E-state index < -0.39 is 0 Å². The van der Waals surface area contributed by atoms with Gasteiger partial charge in [-0.2, -0.15) is 0 Å². The molecule has 1 aliphatic rings. The number of hydrogen-bond donors (Lipinski definition) is 0. The largest absolute Gasteiger partial charge is 0.326 e. The SMILES string of the molecule is Cn1c(Br)cnc1C1CCCC1. The van der Waals surface area contributed by atoms with Crippen molar-refractivity contribution in [3.63, 3.8) is 0 Å². The van der Waals surface area contributed by atoms with Gasteiger partial charge in [0.2, 0.25) is 0 Å². The molecule has 1 heterocycles. The van der Waals surface area contributed by atoms with Gasteiger partial charge in [0.15, 0.2) is 0 Å². The fourth-order valence-electron chi connectivity index (χ4n) is 1.97. The van der Waals surface area contributed by atoms with Crippen molar-refractivity contribution in [2.45, 2.75) is 31.6 Å². The Kier molecular flexibility index (Phi) is 2.22. The van der Waals surface area contributed by atoms with Gasteiger partial charge in [0.05, 0.1) is 6.20 Å². The van der Waals surface area contributed by atoms with Gasteiger partial charge in [0.1, 0.15) is 10.4 Å². The summed E-state index contributed by atoms with van der Waals surface area (Å²) in [5.74, 6) is 1.96. The maximum atomic E-state index is 4.41. The lowest BCUT2D eigenvalue weighted by Crippen LogP contribution is -2.02. The molecule has 0 radical (unpaired) electrons. The third-order valence-electron chi connectivity index (χ3n) is 2.69. The molecule has 3 heteroatoms. The number of imidazole rings is 1. The fraction of sp³-hybridized carbons (Fsp3) is 0.667. The van der Waals surface area contributed by atoms with Crippen molar-refractivity contribution in [2.75, 3.05) is 0 Å². The Morgan fingerprint density at radius 1 is 1.50 bits per heavy atom. The summed E-state index contributed by atoms with van der Waals surface area (Å²) in [6.45, 7) is 0. The van der Waals surface area contributed by atoms with Gasteiger partial charge in [-0.3, -0.25) is 0 Å². The molecule has 1 saturated carbocycles. The van der Waals surface area contributed by atoms with Gasteiger partial charge >= 0.3 is 0 Å². The van der Waals surface area contributed by atoms with Crippen LogP contribution in [0, 0.1) is 0 Å². The minimum Gasteiger partial charge on any atom is -0.326 e. The van der Waals surface area contributed by atoms with Crippen molar-refractivity contribution in [2.24, 2.45) is 7.05 Å². The Balaban J connectivity index is 2.26. The summed E-state index contributed by atoms with van der Waals surface area (Å²) >= 11 is 3.46. The molecule has 0 amide bonds. The molecule has 0 N–H and O–H groups in total. The van der Waals surface area contributed by atoms with E-state index in [-0.39, 0.29) is 0 Å². The predicted octanol–water partition coefficient (Wildman–Crippen LogP) is 2.84. The minimum atomic E-state index is 0.710. The molecule has 0 atom stereocenters. The van der Waals surface area contributed by atoms with Gasteiger partial charge in [-0.1, -0.05) is 12.8 Å². The lowest BCUT2D eigenvalue weighted by Gasteiger charge is -2.08. The summed E-state index contributed by atoms with van der Waals surface area (Å²) in [5.41, 5.74) is 0. The standard InChI is InChI=1S/C9H13BrN2/c1-12-8(10)6-11-9(12)7-4-2-3-5-7/h6-7H,2-5H2,1H3. The molecule has 0 aliphatic heterocycles. The highest BCUT2D eigenvalue weighted by molar-refractivity contribution is 9.10. The van der Waals surface area contributed by atoms with Crippen molar-refractivity contribution in [1.82, 2.24) is 9.55 Å². The van der Waals surface area contributed by atoms with E-state index in [2.05, 4.69) is 32.5 Å². The van der Waals surface area contributed by atoms with Gasteiger partial charge in [-0.15, -0.1) is 0 Å². The van der Waals surface area contributed by atoms with E-state index in [1.807, 2.05) is 6.20 Å². The quantitative estimate of drug-likeness (QED) is 0.723. The van der Waals surface area contributed by atoms with Gasteiger partial charge in [0, 0.05) is 13.0 Å². The zero-order valence-corrected chi connectivity index (χ0v) is 8.84. The van der Waals surface area contributed by atoms with Crippen LogP contribution in [0.4, 0.5) is 0 Å². The first-order valence-corrected chi connectivity index (χ1v) is 5.25. The second-order valence-electron chi connectivity index (χ2n) is 3.48. The van der Waals surface area contributed by atoms with Gasteiger partial charge in [0.25, 0.3) is 0 Å². The monoisotopic (exact) mass is 228 g/mol. The molecular weight excluding hydrogens is 216 g/mol. The summed E-state index contributed by atoms with van der Waals surface area (Å²) < 4.78 is 3.24. The molecule has 1 aromatic rings. The maximum Gasteiger partial charge on any atom is 0.112 e. The van der Waals surface area contributed by atoms with Crippen LogP contribution in [0.25, 0.3) is 0 Å². The van der Waals surface area contributed by atoms with Crippen LogP contribution in [0.1, 0.15) is 37.4 Å². The molecule has 66 valence electrons. The summed E-state index contributed by atoms with van der Waals surface area (Å²) in [6.07, 6.45) is 7.27. The Morgan fingerprint density at radius 3 is 2.67 bits per heavy atom. The van der Waals surface area contributed by atoms with Crippen molar-refractivity contribution >= 4 is 15.9 Å². The molecule has 1 fully saturated rings. The highest BCUT2D eigenvalue weighted by Crippen LogP contribution is 2.33. The first-order chi connectivity index (χ1) is 5.79. The molecule has 0 aromatic carbocycles. The average molecular weight is 229 g/mol. The molecule has 2 rings (SSSR count). The highest BCUT2D eigenvalue weighted by atomic mass is 79.9. The van der Waals surface area contributed by atoms with Crippen molar-refractivity contribution < 1.29 is 0 Å². The highest BCUT2D eigenvalue weighted by Gasteiger charge is 2.21. The van der Waals surface area contributed by atoms with Crippen LogP contribution in [0.3, 0.4) is 0 Å².